The predicted octanol–water partition coefficient (Wildman–Crippen LogP) is 1.03. The average Bonchev–Trinajstić information content (AvgIpc) is 2.09. The van der Waals surface area contributed by atoms with E-state index in [2.05, 4.69) is 12.2 Å². The third kappa shape index (κ3) is 9.43. The second-order valence-corrected chi connectivity index (χ2v) is 2.90. The van der Waals surface area contributed by atoms with Crippen molar-refractivity contribution in [3.63, 3.8) is 0 Å². The second kappa shape index (κ2) is 8.53. The van der Waals surface area contributed by atoms with Gasteiger partial charge in [0, 0.05) is 1.37 Å². The van der Waals surface area contributed by atoms with Gasteiger partial charge in [-0.15, -0.1) is 0 Å². The number of amides is 1. The zero-order valence-electron chi connectivity index (χ0n) is 8.81. The number of unbranched alkanes of at least 4 members (excludes halogenated alkanes) is 3. The Hall–Kier alpha value is -0.570. The Bertz CT molecular complexity index is 142. The monoisotopic (exact) mass is 173 g/mol. The number of rotatable bonds is 8. The summed E-state index contributed by atoms with van der Waals surface area (Å²) < 4.78 is 7.48. The smallest absolute Gasteiger partial charge is 0.231 e. The minimum atomic E-state index is -0.397. The van der Waals surface area contributed by atoms with E-state index in [4.69, 9.17) is 7.10 Å². The van der Waals surface area contributed by atoms with Gasteiger partial charge in [0.15, 0.2) is 0 Å². The van der Waals surface area contributed by atoms with Gasteiger partial charge in [0.05, 0.1) is 6.54 Å². The Kier molecular flexibility index (Phi) is 6.76. The van der Waals surface area contributed by atoms with Gasteiger partial charge in [-0.2, -0.15) is 0 Å². The van der Waals surface area contributed by atoms with Crippen LogP contribution in [0.4, 0.5) is 0 Å². The van der Waals surface area contributed by atoms with Crippen LogP contribution in [0.1, 0.15) is 40.4 Å². The zero-order valence-corrected chi connectivity index (χ0v) is 7.81. The van der Waals surface area contributed by atoms with Crippen molar-refractivity contribution in [1.29, 1.82) is 0 Å². The van der Waals surface area contributed by atoms with E-state index in [9.17, 15) is 4.79 Å². The van der Waals surface area contributed by atoms with Crippen LogP contribution < -0.4 is 11.1 Å². The fourth-order valence-electron chi connectivity index (χ4n) is 0.948. The maximum atomic E-state index is 10.4. The molecular formula is C9H20N2O. The van der Waals surface area contributed by atoms with Crippen LogP contribution >= 0.6 is 0 Å². The van der Waals surface area contributed by atoms with E-state index >= 15 is 0 Å². The lowest BCUT2D eigenvalue weighted by Crippen LogP contribution is -2.29. The number of hydrogen-bond acceptors (Lipinski definition) is 2. The molecule has 1 unspecified atom stereocenters. The summed E-state index contributed by atoms with van der Waals surface area (Å²) >= 11 is 0. The highest BCUT2D eigenvalue weighted by Crippen LogP contribution is 2.00. The normalized spacial score (nSPS) is 13.9. The molecule has 3 heteroatoms. The van der Waals surface area contributed by atoms with Crippen molar-refractivity contribution in [2.24, 2.45) is 5.73 Å². The lowest BCUT2D eigenvalue weighted by molar-refractivity contribution is -0.117. The highest BCUT2D eigenvalue weighted by molar-refractivity contribution is 5.75. The van der Waals surface area contributed by atoms with Gasteiger partial charge in [0.1, 0.15) is 0 Å². The summed E-state index contributed by atoms with van der Waals surface area (Å²) in [6, 6.07) is 0. The van der Waals surface area contributed by atoms with Crippen molar-refractivity contribution in [2.75, 3.05) is 13.1 Å². The third-order valence-electron chi connectivity index (χ3n) is 1.62. The number of nitrogens with two attached hydrogens (primary N) is 1. The highest BCUT2D eigenvalue weighted by Gasteiger charge is 1.92. The Balaban J connectivity index is 3.19. The fourth-order valence-corrected chi connectivity index (χ4v) is 0.948. The van der Waals surface area contributed by atoms with Crippen molar-refractivity contribution < 1.29 is 6.17 Å². The lowest BCUT2D eigenvalue weighted by atomic mass is 10.1. The molecule has 72 valence electrons. The molecule has 0 fully saturated rings. The van der Waals surface area contributed by atoms with Gasteiger partial charge in [0.2, 0.25) is 5.91 Å². The first-order valence-corrected chi connectivity index (χ1v) is 4.60. The minimum absolute atomic E-state index is 0.113. The van der Waals surface area contributed by atoms with Gasteiger partial charge in [-0.1, -0.05) is 32.6 Å². The first-order valence-electron chi connectivity index (χ1n) is 5.18. The molecule has 0 heterocycles. The molecule has 1 atom stereocenters. The molecule has 3 N–H and O–H groups in total. The number of carbonyl (C=O) groups is 1. The molecule has 0 radical (unpaired) electrons. The summed E-state index contributed by atoms with van der Waals surface area (Å²) in [4.78, 5) is 10.4. The van der Waals surface area contributed by atoms with Gasteiger partial charge in [-0.3, -0.25) is 4.79 Å². The molecule has 0 spiro atoms. The van der Waals surface area contributed by atoms with Crippen LogP contribution in [0.3, 0.4) is 0 Å². The van der Waals surface area contributed by atoms with Crippen LogP contribution in [0.5, 0.6) is 0 Å². The Morgan fingerprint density at radius 1 is 1.42 bits per heavy atom. The van der Waals surface area contributed by atoms with Crippen molar-refractivity contribution in [3.05, 3.63) is 0 Å². The molecule has 0 saturated heterocycles. The van der Waals surface area contributed by atoms with Crippen molar-refractivity contribution in [2.45, 2.75) is 39.0 Å². The van der Waals surface area contributed by atoms with E-state index in [1.165, 1.54) is 19.3 Å². The fraction of sp³-hybridized carbons (Fsp3) is 0.889. The Labute approximate surface area is 76.1 Å². The molecule has 0 aromatic carbocycles. The third-order valence-corrected chi connectivity index (χ3v) is 1.62. The summed E-state index contributed by atoms with van der Waals surface area (Å²) in [6.07, 6.45) is 5.45. The predicted molar refractivity (Wildman–Crippen MR) is 50.8 cm³/mol. The summed E-state index contributed by atoms with van der Waals surface area (Å²) in [6.45, 7) is 1.93. The summed E-state index contributed by atoms with van der Waals surface area (Å²) in [5.41, 5.74) is 4.93. The van der Waals surface area contributed by atoms with E-state index in [1.54, 1.807) is 0 Å². The van der Waals surface area contributed by atoms with Crippen LogP contribution in [-0.2, 0) is 4.79 Å². The zero-order chi connectivity index (χ0) is 10.1. The molecule has 0 aliphatic heterocycles. The Morgan fingerprint density at radius 2 is 2.08 bits per heavy atom. The standard InChI is InChI=1S/C9H20N2O/c1-2-3-4-5-6-7-11-8-9(10)12/h11H,2-8H2,1H3,(H2,10,12)/i7D. The second-order valence-electron chi connectivity index (χ2n) is 2.90. The topological polar surface area (TPSA) is 55.1 Å². The van der Waals surface area contributed by atoms with Crippen LogP contribution in [-0.4, -0.2) is 19.0 Å². The first-order chi connectivity index (χ1) is 6.16. The van der Waals surface area contributed by atoms with Gasteiger partial charge in [-0.05, 0) is 12.9 Å². The number of nitrogens with one attached hydrogen (secondary N) is 1. The average molecular weight is 173 g/mol. The molecule has 0 aliphatic carbocycles. The van der Waals surface area contributed by atoms with E-state index in [0.717, 1.165) is 12.8 Å². The molecule has 12 heavy (non-hydrogen) atoms. The molecule has 1 amide bonds. The SMILES string of the molecule is [2H]C(CCCCCC)NCC(N)=O. The van der Waals surface area contributed by atoms with Crippen molar-refractivity contribution in [3.8, 4) is 0 Å². The lowest BCUT2D eigenvalue weighted by Gasteiger charge is -2.01. The molecular weight excluding hydrogens is 152 g/mol. The van der Waals surface area contributed by atoms with Crippen LogP contribution in [0.25, 0.3) is 0 Å². The molecule has 0 aromatic rings. The van der Waals surface area contributed by atoms with Crippen LogP contribution in [0.2, 0.25) is 0 Å². The summed E-state index contributed by atoms with van der Waals surface area (Å²) in [7, 11) is 0. The minimum Gasteiger partial charge on any atom is -0.369 e. The summed E-state index contributed by atoms with van der Waals surface area (Å²) in [5.74, 6) is -0.397. The first kappa shape index (κ1) is 9.52. The molecule has 0 saturated carbocycles. The molecule has 0 aliphatic rings. The van der Waals surface area contributed by atoms with E-state index < -0.39 is 5.91 Å². The van der Waals surface area contributed by atoms with Gasteiger partial charge in [-0.25, -0.2) is 0 Å². The maximum Gasteiger partial charge on any atom is 0.231 e. The van der Waals surface area contributed by atoms with Crippen LogP contribution in [0.15, 0.2) is 0 Å². The van der Waals surface area contributed by atoms with Gasteiger partial charge < -0.3 is 11.1 Å². The van der Waals surface area contributed by atoms with E-state index in [0.29, 0.717) is 0 Å². The van der Waals surface area contributed by atoms with Gasteiger partial charge >= 0.3 is 0 Å². The molecule has 0 aromatic heterocycles. The number of primary amides is 1. The molecule has 0 rings (SSSR count). The molecule has 0 bridgehead atoms. The molecule has 3 nitrogen and oxygen atoms in total. The quantitative estimate of drug-likeness (QED) is 0.539. The van der Waals surface area contributed by atoms with Crippen molar-refractivity contribution >= 4 is 5.91 Å². The van der Waals surface area contributed by atoms with Gasteiger partial charge in [0.25, 0.3) is 0 Å². The summed E-state index contributed by atoms with van der Waals surface area (Å²) in [5, 5.41) is 2.75. The largest absolute Gasteiger partial charge is 0.369 e. The maximum absolute atomic E-state index is 10.4. The van der Waals surface area contributed by atoms with Crippen molar-refractivity contribution in [1.82, 2.24) is 5.32 Å². The van der Waals surface area contributed by atoms with Crippen LogP contribution in [0, 0.1) is 0 Å². The Morgan fingerprint density at radius 3 is 2.67 bits per heavy atom. The number of hydrogen-bond donors (Lipinski definition) is 2. The van der Waals surface area contributed by atoms with E-state index in [1.807, 2.05) is 0 Å². The van der Waals surface area contributed by atoms with E-state index in [-0.39, 0.29) is 13.1 Å². The number of carbonyl (C=O) groups excluding carboxylic acids is 1. The highest BCUT2D eigenvalue weighted by atomic mass is 16.1.